The van der Waals surface area contributed by atoms with E-state index >= 15 is 0 Å². The van der Waals surface area contributed by atoms with E-state index in [-0.39, 0.29) is 42.3 Å². The van der Waals surface area contributed by atoms with Crippen LogP contribution in [0.15, 0.2) is 42.5 Å². The summed E-state index contributed by atoms with van der Waals surface area (Å²) in [5, 5.41) is 0. The third-order valence-electron chi connectivity index (χ3n) is 5.02. The van der Waals surface area contributed by atoms with Crippen LogP contribution in [0.3, 0.4) is 0 Å². The van der Waals surface area contributed by atoms with E-state index in [0.717, 1.165) is 6.07 Å². The number of ether oxygens (including phenoxy) is 2. The molecular formula is C21H23FN2O6S. The summed E-state index contributed by atoms with van der Waals surface area (Å²) >= 11 is 0. The van der Waals surface area contributed by atoms with E-state index in [9.17, 15) is 22.4 Å². The normalized spacial score (nSPS) is 15.3. The minimum atomic E-state index is -3.17. The number of anilines is 1. The minimum absolute atomic E-state index is 0.0522. The number of hydrogen-bond acceptors (Lipinski definition) is 6. The Bertz CT molecular complexity index is 1080. The fraction of sp³-hybridized carbons (Fsp3) is 0.333. The second-order valence-electron chi connectivity index (χ2n) is 6.98. The lowest BCUT2D eigenvalue weighted by molar-refractivity contribution is 0.0600. The van der Waals surface area contributed by atoms with Crippen LogP contribution in [-0.2, 0) is 21.1 Å². The first-order chi connectivity index (χ1) is 14.8. The highest BCUT2D eigenvalue weighted by atomic mass is 32.2. The molecule has 0 aliphatic carbocycles. The maximum absolute atomic E-state index is 14.7. The Morgan fingerprint density at radius 3 is 2.39 bits per heavy atom. The number of benzene rings is 2. The highest BCUT2D eigenvalue weighted by Crippen LogP contribution is 2.31. The van der Waals surface area contributed by atoms with Crippen LogP contribution >= 0.6 is 0 Å². The van der Waals surface area contributed by atoms with Gasteiger partial charge in [-0.2, -0.15) is 0 Å². The van der Waals surface area contributed by atoms with Gasteiger partial charge >= 0.3 is 12.0 Å². The zero-order valence-electron chi connectivity index (χ0n) is 17.2. The van der Waals surface area contributed by atoms with Crippen molar-refractivity contribution in [2.45, 2.75) is 6.54 Å². The molecule has 0 bridgehead atoms. The fourth-order valence-electron chi connectivity index (χ4n) is 3.27. The van der Waals surface area contributed by atoms with E-state index in [1.807, 2.05) is 0 Å². The number of carbonyl (C=O) groups excluding carboxylic acids is 2. The molecule has 0 aromatic heterocycles. The van der Waals surface area contributed by atoms with Gasteiger partial charge in [0.2, 0.25) is 0 Å². The third-order valence-corrected chi connectivity index (χ3v) is 6.63. The summed E-state index contributed by atoms with van der Waals surface area (Å²) in [6.07, 6.45) is 0. The van der Waals surface area contributed by atoms with Gasteiger partial charge in [-0.25, -0.2) is 22.4 Å². The molecule has 1 heterocycles. The number of amides is 2. The van der Waals surface area contributed by atoms with Crippen LogP contribution in [0, 0.1) is 5.82 Å². The number of halogens is 1. The minimum Gasteiger partial charge on any atom is -0.495 e. The summed E-state index contributed by atoms with van der Waals surface area (Å²) in [7, 11) is -0.512. The van der Waals surface area contributed by atoms with Crippen LogP contribution in [0.5, 0.6) is 5.75 Å². The Kier molecular flexibility index (Phi) is 6.79. The quantitative estimate of drug-likeness (QED) is 0.650. The van der Waals surface area contributed by atoms with Crippen LogP contribution in [-0.4, -0.2) is 64.1 Å². The molecule has 166 valence electrons. The smallest absolute Gasteiger partial charge is 0.337 e. The first-order valence-corrected chi connectivity index (χ1v) is 11.3. The van der Waals surface area contributed by atoms with E-state index in [2.05, 4.69) is 4.74 Å². The van der Waals surface area contributed by atoms with E-state index in [4.69, 9.17) is 4.74 Å². The Hall–Kier alpha value is -3.14. The van der Waals surface area contributed by atoms with Gasteiger partial charge in [-0.3, -0.25) is 4.90 Å². The van der Waals surface area contributed by atoms with Crippen molar-refractivity contribution >= 4 is 27.5 Å². The van der Waals surface area contributed by atoms with Crippen molar-refractivity contribution in [1.29, 1.82) is 0 Å². The number of nitrogens with zero attached hydrogens (tertiary/aromatic N) is 2. The molecule has 2 amide bonds. The zero-order chi connectivity index (χ0) is 22.6. The highest BCUT2D eigenvalue weighted by molar-refractivity contribution is 7.91. The SMILES string of the molecule is COC(=O)c1ccc(CN(C(=O)N2CCS(=O)(=O)CC2)c2ccccc2OC)c(F)c1. The molecule has 8 nitrogen and oxygen atoms in total. The molecule has 0 N–H and O–H groups in total. The Balaban J connectivity index is 1.95. The molecular weight excluding hydrogens is 427 g/mol. The molecule has 0 unspecified atom stereocenters. The van der Waals surface area contributed by atoms with Gasteiger partial charge in [0.25, 0.3) is 0 Å². The molecule has 2 aromatic rings. The maximum Gasteiger partial charge on any atom is 0.337 e. The second-order valence-corrected chi connectivity index (χ2v) is 9.28. The number of rotatable bonds is 5. The van der Waals surface area contributed by atoms with Gasteiger partial charge in [0.15, 0.2) is 9.84 Å². The van der Waals surface area contributed by atoms with Gasteiger partial charge in [-0.05, 0) is 24.3 Å². The van der Waals surface area contributed by atoms with Gasteiger partial charge < -0.3 is 14.4 Å². The lowest BCUT2D eigenvalue weighted by Crippen LogP contribution is -2.50. The Labute approximate surface area is 180 Å². The molecule has 31 heavy (non-hydrogen) atoms. The van der Waals surface area contributed by atoms with Crippen molar-refractivity contribution in [3.8, 4) is 5.75 Å². The number of sulfone groups is 1. The van der Waals surface area contributed by atoms with Crippen molar-refractivity contribution in [1.82, 2.24) is 4.90 Å². The number of carbonyl (C=O) groups is 2. The monoisotopic (exact) mass is 450 g/mol. The molecule has 0 atom stereocenters. The lowest BCUT2D eigenvalue weighted by Gasteiger charge is -2.33. The summed E-state index contributed by atoms with van der Waals surface area (Å²) in [6, 6.07) is 10.2. The van der Waals surface area contributed by atoms with E-state index in [1.165, 1.54) is 36.2 Å². The van der Waals surface area contributed by atoms with Crippen LogP contribution in [0.2, 0.25) is 0 Å². The summed E-state index contributed by atoms with van der Waals surface area (Å²) in [5.74, 6) is -1.18. The topological polar surface area (TPSA) is 93.2 Å². The van der Waals surface area contributed by atoms with Crippen molar-refractivity contribution < 1.29 is 31.9 Å². The summed E-state index contributed by atoms with van der Waals surface area (Å²) in [5.41, 5.74) is 0.650. The maximum atomic E-state index is 14.7. The molecule has 1 aliphatic heterocycles. The number of esters is 1. The van der Waals surface area contributed by atoms with E-state index in [0.29, 0.717) is 11.4 Å². The molecule has 3 rings (SSSR count). The van der Waals surface area contributed by atoms with Crippen LogP contribution in [0.1, 0.15) is 15.9 Å². The zero-order valence-corrected chi connectivity index (χ0v) is 18.0. The van der Waals surface area contributed by atoms with Gasteiger partial charge in [-0.1, -0.05) is 18.2 Å². The van der Waals surface area contributed by atoms with E-state index < -0.39 is 27.7 Å². The molecule has 0 saturated carbocycles. The van der Waals surface area contributed by atoms with E-state index in [1.54, 1.807) is 24.3 Å². The average Bonchev–Trinajstić information content (AvgIpc) is 2.77. The van der Waals surface area contributed by atoms with Gasteiger partial charge in [-0.15, -0.1) is 0 Å². The van der Waals surface area contributed by atoms with Gasteiger partial charge in [0.05, 0.1) is 43.5 Å². The number of urea groups is 1. The molecule has 0 spiro atoms. The summed E-state index contributed by atoms with van der Waals surface area (Å²) in [4.78, 5) is 27.7. The van der Waals surface area contributed by atoms with Gasteiger partial charge in [0.1, 0.15) is 11.6 Å². The molecule has 1 saturated heterocycles. The largest absolute Gasteiger partial charge is 0.495 e. The first kappa shape index (κ1) is 22.5. The van der Waals surface area contributed by atoms with Crippen LogP contribution in [0.4, 0.5) is 14.9 Å². The lowest BCUT2D eigenvalue weighted by atomic mass is 10.1. The third kappa shape index (κ3) is 5.13. The molecule has 1 fully saturated rings. The summed E-state index contributed by atoms with van der Waals surface area (Å²) < 4.78 is 48.2. The Morgan fingerprint density at radius 2 is 1.77 bits per heavy atom. The van der Waals surface area contributed by atoms with Gasteiger partial charge in [0, 0.05) is 18.7 Å². The summed E-state index contributed by atoms with van der Waals surface area (Å²) in [6.45, 7) is -0.0388. The molecule has 1 aliphatic rings. The van der Waals surface area contributed by atoms with Crippen LogP contribution < -0.4 is 9.64 Å². The number of hydrogen-bond donors (Lipinski definition) is 0. The second kappa shape index (κ2) is 9.34. The molecule has 2 aromatic carbocycles. The van der Waals surface area contributed by atoms with Crippen LogP contribution in [0.25, 0.3) is 0 Å². The average molecular weight is 450 g/mol. The van der Waals surface area contributed by atoms with Crippen molar-refractivity contribution in [2.24, 2.45) is 0 Å². The standard InChI is InChI=1S/C21H23FN2O6S/c1-29-19-6-4-3-5-18(19)24(21(26)23-9-11-31(27,28)12-10-23)14-16-8-7-15(13-17(16)22)20(25)30-2/h3-8,13H,9-12,14H2,1-2H3. The number of methoxy groups -OCH3 is 2. The van der Waals surface area contributed by atoms with Crippen molar-refractivity contribution in [3.05, 3.63) is 59.4 Å². The Morgan fingerprint density at radius 1 is 1.10 bits per heavy atom. The van der Waals surface area contributed by atoms with Crippen molar-refractivity contribution in [3.63, 3.8) is 0 Å². The fourth-order valence-corrected chi connectivity index (χ4v) is 4.47. The predicted octanol–water partition coefficient (Wildman–Crippen LogP) is 2.48. The predicted molar refractivity (Wildman–Crippen MR) is 113 cm³/mol. The highest BCUT2D eigenvalue weighted by Gasteiger charge is 2.30. The molecule has 0 radical (unpaired) electrons. The number of para-hydroxylation sites is 2. The molecule has 10 heteroatoms. The first-order valence-electron chi connectivity index (χ1n) is 9.52. The van der Waals surface area contributed by atoms with Crippen molar-refractivity contribution in [2.75, 3.05) is 43.7 Å².